The molecular weight excluding hydrogens is 168 g/mol. The Morgan fingerprint density at radius 2 is 2.08 bits per heavy atom. The quantitative estimate of drug-likeness (QED) is 0.661. The summed E-state index contributed by atoms with van der Waals surface area (Å²) in [6.07, 6.45) is 0. The summed E-state index contributed by atoms with van der Waals surface area (Å²) >= 11 is 1.97. The number of thioether (sulfide) groups is 1. The molecule has 0 N–H and O–H groups in total. The topological polar surface area (TPSA) is 9.23 Å². The molecule has 12 heavy (non-hydrogen) atoms. The summed E-state index contributed by atoms with van der Waals surface area (Å²) in [4.78, 5) is 0. The van der Waals surface area contributed by atoms with Crippen molar-refractivity contribution in [2.45, 2.75) is 12.2 Å². The van der Waals surface area contributed by atoms with Gasteiger partial charge in [-0.3, -0.25) is 0 Å². The highest BCUT2D eigenvalue weighted by atomic mass is 32.2. The van der Waals surface area contributed by atoms with Crippen LogP contribution in [0.1, 0.15) is 5.56 Å². The Labute approximate surface area is 77.1 Å². The lowest BCUT2D eigenvalue weighted by Gasteiger charge is -2.03. The van der Waals surface area contributed by atoms with E-state index in [4.69, 9.17) is 4.74 Å². The van der Waals surface area contributed by atoms with Crippen LogP contribution in [-0.2, 0) is 0 Å². The average molecular weight is 180 g/mol. The van der Waals surface area contributed by atoms with E-state index >= 15 is 0 Å². The molecule has 2 heteroatoms. The molecule has 1 aromatic rings. The van der Waals surface area contributed by atoms with Gasteiger partial charge in [0.15, 0.2) is 0 Å². The van der Waals surface area contributed by atoms with Crippen molar-refractivity contribution in [2.24, 2.45) is 0 Å². The molecule has 0 spiro atoms. The van der Waals surface area contributed by atoms with Gasteiger partial charge in [-0.15, -0.1) is 0 Å². The van der Waals surface area contributed by atoms with Gasteiger partial charge in [-0.2, -0.15) is 11.8 Å². The second-order valence-electron chi connectivity index (χ2n) is 3.08. The predicted molar refractivity (Wildman–Crippen MR) is 52.9 cm³/mol. The molecule has 0 saturated carbocycles. The Morgan fingerprint density at radius 3 is 2.67 bits per heavy atom. The summed E-state index contributed by atoms with van der Waals surface area (Å²) in [7, 11) is 0. The van der Waals surface area contributed by atoms with E-state index < -0.39 is 0 Å². The zero-order chi connectivity index (χ0) is 8.39. The van der Waals surface area contributed by atoms with E-state index in [1.807, 2.05) is 23.9 Å². The van der Waals surface area contributed by atoms with Crippen LogP contribution in [-0.4, -0.2) is 17.6 Å². The Bertz CT molecular complexity index is 251. The lowest BCUT2D eigenvalue weighted by Crippen LogP contribution is -2.02. The van der Waals surface area contributed by atoms with Crippen molar-refractivity contribution < 1.29 is 4.74 Å². The molecule has 1 aromatic carbocycles. The van der Waals surface area contributed by atoms with Crippen LogP contribution in [0.25, 0.3) is 0 Å². The maximum atomic E-state index is 5.56. The van der Waals surface area contributed by atoms with Crippen LogP contribution in [0.5, 0.6) is 5.75 Å². The summed E-state index contributed by atoms with van der Waals surface area (Å²) in [5, 5.41) is 0.756. The number of aryl methyl sites for hydroxylation is 1. The van der Waals surface area contributed by atoms with Crippen LogP contribution in [0.3, 0.4) is 0 Å². The SMILES string of the molecule is Cc1ccc(OCC2CS2)cc1. The van der Waals surface area contributed by atoms with E-state index in [0.717, 1.165) is 17.6 Å². The zero-order valence-electron chi connectivity index (χ0n) is 7.12. The van der Waals surface area contributed by atoms with Crippen molar-refractivity contribution in [1.29, 1.82) is 0 Å². The highest BCUT2D eigenvalue weighted by Crippen LogP contribution is 2.30. The molecule has 0 aromatic heterocycles. The Kier molecular flexibility index (Phi) is 2.26. The third-order valence-electron chi connectivity index (χ3n) is 1.86. The fraction of sp³-hybridized carbons (Fsp3) is 0.400. The van der Waals surface area contributed by atoms with Gasteiger partial charge in [-0.05, 0) is 19.1 Å². The summed E-state index contributed by atoms with van der Waals surface area (Å²) in [5.74, 6) is 2.26. The Morgan fingerprint density at radius 1 is 1.42 bits per heavy atom. The molecule has 1 atom stereocenters. The molecule has 64 valence electrons. The summed E-state index contributed by atoms with van der Waals surface area (Å²) < 4.78 is 5.56. The second-order valence-corrected chi connectivity index (χ2v) is 4.41. The molecule has 1 saturated heterocycles. The van der Waals surface area contributed by atoms with E-state index in [9.17, 15) is 0 Å². The van der Waals surface area contributed by atoms with Crippen molar-refractivity contribution in [2.75, 3.05) is 12.4 Å². The molecule has 2 rings (SSSR count). The van der Waals surface area contributed by atoms with Crippen LogP contribution >= 0.6 is 11.8 Å². The summed E-state index contributed by atoms with van der Waals surface area (Å²) in [6.45, 7) is 2.95. The van der Waals surface area contributed by atoms with Gasteiger partial charge in [-0.25, -0.2) is 0 Å². The van der Waals surface area contributed by atoms with E-state index in [-0.39, 0.29) is 0 Å². The fourth-order valence-electron chi connectivity index (χ4n) is 0.988. The van der Waals surface area contributed by atoms with E-state index in [1.165, 1.54) is 11.3 Å². The minimum Gasteiger partial charge on any atom is -0.492 e. The van der Waals surface area contributed by atoms with E-state index in [1.54, 1.807) is 0 Å². The molecule has 1 unspecified atom stereocenters. The van der Waals surface area contributed by atoms with Crippen molar-refractivity contribution in [3.8, 4) is 5.75 Å². The molecule has 1 aliphatic rings. The van der Waals surface area contributed by atoms with Gasteiger partial charge in [0.1, 0.15) is 12.4 Å². The first-order valence-corrected chi connectivity index (χ1v) is 5.20. The van der Waals surface area contributed by atoms with Crippen molar-refractivity contribution in [3.63, 3.8) is 0 Å². The maximum absolute atomic E-state index is 5.56. The lowest BCUT2D eigenvalue weighted by molar-refractivity contribution is 0.330. The first-order chi connectivity index (χ1) is 5.84. The summed E-state index contributed by atoms with van der Waals surface area (Å²) in [5.41, 5.74) is 1.28. The molecule has 1 heterocycles. The normalized spacial score (nSPS) is 20.6. The van der Waals surface area contributed by atoms with Crippen LogP contribution in [0.15, 0.2) is 24.3 Å². The molecule has 1 nitrogen and oxygen atoms in total. The minimum absolute atomic E-state index is 0.756. The molecule has 0 aliphatic carbocycles. The van der Waals surface area contributed by atoms with Gasteiger partial charge < -0.3 is 4.74 Å². The van der Waals surface area contributed by atoms with Crippen molar-refractivity contribution >= 4 is 11.8 Å². The van der Waals surface area contributed by atoms with Gasteiger partial charge in [0, 0.05) is 11.0 Å². The standard InChI is InChI=1S/C10H12OS/c1-8-2-4-9(5-3-8)11-6-10-7-12-10/h2-5,10H,6-7H2,1H3. The van der Waals surface area contributed by atoms with Crippen LogP contribution in [0, 0.1) is 6.92 Å². The third-order valence-corrected chi connectivity index (χ3v) is 2.80. The monoisotopic (exact) mass is 180 g/mol. The van der Waals surface area contributed by atoms with Gasteiger partial charge in [0.05, 0.1) is 0 Å². The van der Waals surface area contributed by atoms with Gasteiger partial charge in [0.25, 0.3) is 0 Å². The number of ether oxygens (including phenoxy) is 1. The third kappa shape index (κ3) is 2.18. The van der Waals surface area contributed by atoms with Gasteiger partial charge in [-0.1, -0.05) is 17.7 Å². The maximum Gasteiger partial charge on any atom is 0.119 e. The molecule has 0 radical (unpaired) electrons. The predicted octanol–water partition coefficient (Wildman–Crippen LogP) is 2.49. The fourth-order valence-corrected chi connectivity index (χ4v) is 1.38. The molecule has 0 bridgehead atoms. The second kappa shape index (κ2) is 3.40. The van der Waals surface area contributed by atoms with Gasteiger partial charge >= 0.3 is 0 Å². The Hall–Kier alpha value is -0.630. The largest absolute Gasteiger partial charge is 0.492 e. The Balaban J connectivity index is 1.89. The average Bonchev–Trinajstić information content (AvgIpc) is 2.87. The van der Waals surface area contributed by atoms with Crippen LogP contribution in [0.4, 0.5) is 0 Å². The number of hydrogen-bond acceptors (Lipinski definition) is 2. The molecule has 1 aliphatic heterocycles. The smallest absolute Gasteiger partial charge is 0.119 e. The van der Waals surface area contributed by atoms with E-state index in [2.05, 4.69) is 19.1 Å². The first-order valence-electron chi connectivity index (χ1n) is 4.16. The molecular formula is C10H12OS. The number of hydrogen-bond donors (Lipinski definition) is 0. The minimum atomic E-state index is 0.756. The molecule has 1 fully saturated rings. The highest BCUT2D eigenvalue weighted by Gasteiger charge is 2.22. The number of rotatable bonds is 3. The highest BCUT2D eigenvalue weighted by molar-refractivity contribution is 8.06. The van der Waals surface area contributed by atoms with Crippen LogP contribution in [0.2, 0.25) is 0 Å². The van der Waals surface area contributed by atoms with Gasteiger partial charge in [0.2, 0.25) is 0 Å². The zero-order valence-corrected chi connectivity index (χ0v) is 7.93. The van der Waals surface area contributed by atoms with Crippen molar-refractivity contribution in [3.05, 3.63) is 29.8 Å². The summed E-state index contributed by atoms with van der Waals surface area (Å²) in [6, 6.07) is 8.22. The van der Waals surface area contributed by atoms with E-state index in [0.29, 0.717) is 0 Å². The lowest BCUT2D eigenvalue weighted by atomic mass is 10.2. The first kappa shape index (κ1) is 7.99. The van der Waals surface area contributed by atoms with Crippen molar-refractivity contribution in [1.82, 2.24) is 0 Å². The van der Waals surface area contributed by atoms with Crippen LogP contribution < -0.4 is 4.74 Å². The number of benzene rings is 1. The molecule has 0 amide bonds.